The standard InChI is InChI=1S/C46H78O2/c1-8-9-10-11-12-13-14-15-16-17-18-19-20-21-22-23-44(47)48-39-30-32-45(6)38(34-39)26-27-40-42-29-28-41(46(42,7)33-31-43(40)45)37(5)25-24-36(4)35(2)3/h15-16,24-26,35-37,39-43H,8-14,17-23,27-34H2,1-7H3/b16-15-,25-24+/t36-,37+,39-,40-,41+,42-,43-,45-,46+/m0/s1. The highest BCUT2D eigenvalue weighted by Gasteiger charge is 2.59. The smallest absolute Gasteiger partial charge is 0.306 e. The summed E-state index contributed by atoms with van der Waals surface area (Å²) >= 11 is 0. The summed E-state index contributed by atoms with van der Waals surface area (Å²) < 4.78 is 6.13. The Morgan fingerprint density at radius 2 is 1.48 bits per heavy atom. The molecular weight excluding hydrogens is 585 g/mol. The molecule has 0 amide bonds. The monoisotopic (exact) mass is 663 g/mol. The molecule has 274 valence electrons. The third-order valence-corrected chi connectivity index (χ3v) is 14.5. The van der Waals surface area contributed by atoms with Gasteiger partial charge in [0.25, 0.3) is 0 Å². The highest BCUT2D eigenvalue weighted by molar-refractivity contribution is 5.69. The summed E-state index contributed by atoms with van der Waals surface area (Å²) in [6.45, 7) is 17.1. The molecular formula is C46H78O2. The summed E-state index contributed by atoms with van der Waals surface area (Å²) in [5.41, 5.74) is 2.43. The van der Waals surface area contributed by atoms with Crippen LogP contribution in [0.3, 0.4) is 0 Å². The van der Waals surface area contributed by atoms with Gasteiger partial charge in [-0.3, -0.25) is 4.79 Å². The summed E-state index contributed by atoms with van der Waals surface area (Å²) in [7, 11) is 0. The Kier molecular flexibility index (Phi) is 15.9. The molecule has 0 heterocycles. The first-order valence-corrected chi connectivity index (χ1v) is 21.3. The van der Waals surface area contributed by atoms with Crippen LogP contribution in [0.1, 0.15) is 190 Å². The number of carbonyl (C=O) groups is 1. The summed E-state index contributed by atoms with van der Waals surface area (Å²) in [5.74, 6) is 5.46. The largest absolute Gasteiger partial charge is 0.462 e. The minimum atomic E-state index is 0.0481. The zero-order valence-corrected chi connectivity index (χ0v) is 32.9. The first-order chi connectivity index (χ1) is 23.1. The van der Waals surface area contributed by atoms with Crippen molar-refractivity contribution < 1.29 is 9.53 Å². The van der Waals surface area contributed by atoms with E-state index in [0.29, 0.717) is 29.1 Å². The van der Waals surface area contributed by atoms with Crippen LogP contribution in [-0.4, -0.2) is 12.1 Å². The fourth-order valence-corrected chi connectivity index (χ4v) is 10.9. The van der Waals surface area contributed by atoms with Gasteiger partial charge in [0.15, 0.2) is 0 Å². The Labute approximate surface area is 298 Å². The molecule has 0 saturated heterocycles. The second kappa shape index (κ2) is 19.3. The van der Waals surface area contributed by atoms with Crippen LogP contribution in [-0.2, 0) is 9.53 Å². The van der Waals surface area contributed by atoms with Gasteiger partial charge in [0.05, 0.1) is 0 Å². The molecule has 4 rings (SSSR count). The molecule has 48 heavy (non-hydrogen) atoms. The van der Waals surface area contributed by atoms with Crippen molar-refractivity contribution in [3.63, 3.8) is 0 Å². The van der Waals surface area contributed by atoms with Gasteiger partial charge < -0.3 is 4.74 Å². The van der Waals surface area contributed by atoms with Crippen molar-refractivity contribution in [2.24, 2.45) is 52.3 Å². The van der Waals surface area contributed by atoms with E-state index in [1.165, 1.54) is 109 Å². The lowest BCUT2D eigenvalue weighted by Crippen LogP contribution is -2.51. The van der Waals surface area contributed by atoms with Gasteiger partial charge in [-0.2, -0.15) is 0 Å². The highest BCUT2D eigenvalue weighted by Crippen LogP contribution is 2.67. The van der Waals surface area contributed by atoms with Gasteiger partial charge in [-0.15, -0.1) is 0 Å². The first-order valence-electron chi connectivity index (χ1n) is 21.3. The van der Waals surface area contributed by atoms with Crippen LogP contribution < -0.4 is 0 Å². The molecule has 3 fully saturated rings. The van der Waals surface area contributed by atoms with E-state index in [9.17, 15) is 4.79 Å². The SMILES string of the molecule is CCCCCCCC/C=C\CCCCCCCC(=O)O[C@H]1CC[C@@]2(C)C(=CC[C@H]3[C@@H]4CC[C@H]([C@H](C)/C=C/[C@H](C)C(C)C)[C@@]4(C)CC[C@@H]32)C1. The van der Waals surface area contributed by atoms with E-state index < -0.39 is 0 Å². The van der Waals surface area contributed by atoms with Crippen LogP contribution in [0.4, 0.5) is 0 Å². The molecule has 4 aliphatic carbocycles. The van der Waals surface area contributed by atoms with Gasteiger partial charge in [-0.1, -0.05) is 136 Å². The quantitative estimate of drug-likeness (QED) is 0.0736. The average molecular weight is 663 g/mol. The molecule has 3 saturated carbocycles. The van der Waals surface area contributed by atoms with Crippen LogP contribution in [0.15, 0.2) is 36.0 Å². The molecule has 2 heteroatoms. The van der Waals surface area contributed by atoms with Crippen LogP contribution >= 0.6 is 0 Å². The van der Waals surface area contributed by atoms with Gasteiger partial charge in [-0.05, 0) is 129 Å². The number of hydrogen-bond donors (Lipinski definition) is 0. The molecule has 0 spiro atoms. The molecule has 0 aliphatic heterocycles. The summed E-state index contributed by atoms with van der Waals surface area (Å²) in [6, 6.07) is 0. The van der Waals surface area contributed by atoms with Crippen molar-refractivity contribution in [1.29, 1.82) is 0 Å². The lowest BCUT2D eigenvalue weighted by Gasteiger charge is -2.58. The number of hydrogen-bond acceptors (Lipinski definition) is 2. The molecule has 0 aromatic heterocycles. The maximum absolute atomic E-state index is 12.8. The van der Waals surface area contributed by atoms with Gasteiger partial charge >= 0.3 is 5.97 Å². The maximum atomic E-state index is 12.8. The van der Waals surface area contributed by atoms with E-state index in [-0.39, 0.29) is 12.1 Å². The topological polar surface area (TPSA) is 26.3 Å². The van der Waals surface area contributed by atoms with E-state index in [1.807, 2.05) is 0 Å². The second-order valence-electron chi connectivity index (χ2n) is 18.0. The van der Waals surface area contributed by atoms with Crippen LogP contribution in [0.5, 0.6) is 0 Å². The molecule has 0 aromatic carbocycles. The van der Waals surface area contributed by atoms with Crippen molar-refractivity contribution in [2.45, 2.75) is 196 Å². The summed E-state index contributed by atoms with van der Waals surface area (Å²) in [4.78, 5) is 12.8. The average Bonchev–Trinajstić information content (AvgIpc) is 3.42. The molecule has 0 N–H and O–H groups in total. The maximum Gasteiger partial charge on any atom is 0.306 e. The molecule has 0 bridgehead atoms. The number of ether oxygens (including phenoxy) is 1. The van der Waals surface area contributed by atoms with Crippen molar-refractivity contribution in [3.05, 3.63) is 36.0 Å². The molecule has 0 unspecified atom stereocenters. The third kappa shape index (κ3) is 10.4. The van der Waals surface area contributed by atoms with Crippen LogP contribution in [0.25, 0.3) is 0 Å². The van der Waals surface area contributed by atoms with Crippen LogP contribution in [0.2, 0.25) is 0 Å². The second-order valence-corrected chi connectivity index (χ2v) is 18.0. The fourth-order valence-electron chi connectivity index (χ4n) is 10.9. The van der Waals surface area contributed by atoms with E-state index in [2.05, 4.69) is 78.8 Å². The zero-order chi connectivity index (χ0) is 34.6. The number of allylic oxidation sites excluding steroid dienone is 5. The highest BCUT2D eigenvalue weighted by atomic mass is 16.5. The number of esters is 1. The van der Waals surface area contributed by atoms with Crippen molar-refractivity contribution >= 4 is 5.97 Å². The molecule has 0 aromatic rings. The Morgan fingerprint density at radius 1 is 0.812 bits per heavy atom. The molecule has 4 aliphatic rings. The molecule has 0 radical (unpaired) electrons. The van der Waals surface area contributed by atoms with Gasteiger partial charge in [0.2, 0.25) is 0 Å². The number of fused-ring (bicyclic) bond motifs is 5. The van der Waals surface area contributed by atoms with Gasteiger partial charge in [0.1, 0.15) is 6.10 Å². The van der Waals surface area contributed by atoms with E-state index >= 15 is 0 Å². The van der Waals surface area contributed by atoms with Crippen molar-refractivity contribution in [1.82, 2.24) is 0 Å². The Balaban J connectivity index is 1.14. The fraction of sp³-hybridized carbons (Fsp3) is 0.848. The van der Waals surface area contributed by atoms with E-state index in [0.717, 1.165) is 55.3 Å². The summed E-state index contributed by atoms with van der Waals surface area (Å²) in [6.07, 6.45) is 40.0. The summed E-state index contributed by atoms with van der Waals surface area (Å²) in [5, 5.41) is 0. The van der Waals surface area contributed by atoms with Gasteiger partial charge in [0, 0.05) is 12.8 Å². The van der Waals surface area contributed by atoms with Crippen molar-refractivity contribution in [2.75, 3.05) is 0 Å². The first kappa shape index (κ1) is 39.5. The van der Waals surface area contributed by atoms with E-state index in [1.54, 1.807) is 5.57 Å². The normalized spacial score (nSPS) is 33.0. The minimum Gasteiger partial charge on any atom is -0.462 e. The zero-order valence-electron chi connectivity index (χ0n) is 32.9. The number of rotatable bonds is 20. The lowest BCUT2D eigenvalue weighted by molar-refractivity contribution is -0.151. The molecule has 2 nitrogen and oxygen atoms in total. The Hall–Kier alpha value is -1.31. The lowest BCUT2D eigenvalue weighted by atomic mass is 9.47. The predicted octanol–water partition coefficient (Wildman–Crippen LogP) is 14.0. The van der Waals surface area contributed by atoms with Gasteiger partial charge in [-0.25, -0.2) is 0 Å². The number of unbranched alkanes of at least 4 members (excludes halogenated alkanes) is 11. The van der Waals surface area contributed by atoms with Crippen LogP contribution in [0, 0.1) is 52.3 Å². The minimum absolute atomic E-state index is 0.0481. The Bertz CT molecular complexity index is 1050. The number of carbonyl (C=O) groups excluding carboxylic acids is 1. The third-order valence-electron chi connectivity index (χ3n) is 14.5. The van der Waals surface area contributed by atoms with E-state index in [4.69, 9.17) is 4.74 Å². The van der Waals surface area contributed by atoms with Crippen molar-refractivity contribution in [3.8, 4) is 0 Å². The Morgan fingerprint density at radius 3 is 2.17 bits per heavy atom. The predicted molar refractivity (Wildman–Crippen MR) is 207 cm³/mol. The molecule has 9 atom stereocenters.